The number of aromatic nitrogens is 1. The van der Waals surface area contributed by atoms with E-state index in [1.165, 1.54) is 0 Å². The van der Waals surface area contributed by atoms with E-state index in [1.54, 1.807) is 12.4 Å². The highest BCUT2D eigenvalue weighted by Gasteiger charge is 2.44. The van der Waals surface area contributed by atoms with Gasteiger partial charge in [-0.2, -0.15) is 0 Å². The maximum Gasteiger partial charge on any atom is 0.137 e. The molecular formula is C19H25Cl3N2O3. The molecule has 3 atom stereocenters. The zero-order chi connectivity index (χ0) is 17.7. The van der Waals surface area contributed by atoms with Crippen LogP contribution in [0.5, 0.6) is 5.75 Å². The van der Waals surface area contributed by atoms with Gasteiger partial charge in [0.05, 0.1) is 25.0 Å². The van der Waals surface area contributed by atoms with Crippen molar-refractivity contribution in [3.63, 3.8) is 0 Å². The average Bonchev–Trinajstić information content (AvgIpc) is 2.89. The molecule has 150 valence electrons. The molecule has 1 aromatic carbocycles. The van der Waals surface area contributed by atoms with E-state index in [1.807, 2.05) is 36.4 Å². The normalized spacial score (nSPS) is 24.0. The minimum Gasteiger partial charge on any atom is -0.491 e. The van der Waals surface area contributed by atoms with Gasteiger partial charge in [0.1, 0.15) is 5.75 Å². The van der Waals surface area contributed by atoms with Crippen molar-refractivity contribution in [1.82, 2.24) is 10.3 Å². The second-order valence-electron chi connectivity index (χ2n) is 6.75. The van der Waals surface area contributed by atoms with Gasteiger partial charge >= 0.3 is 0 Å². The molecule has 0 aliphatic heterocycles. The van der Waals surface area contributed by atoms with Crippen molar-refractivity contribution in [1.29, 1.82) is 0 Å². The number of rotatable bonds is 7. The number of aliphatic hydroxyl groups excluding tert-OH is 2. The van der Waals surface area contributed by atoms with Gasteiger partial charge in [0.25, 0.3) is 0 Å². The first-order valence-corrected chi connectivity index (χ1v) is 8.78. The number of hydrogen-bond donors (Lipinski definition) is 3. The molecule has 0 bridgehead atoms. The highest BCUT2D eigenvalue weighted by atomic mass is 35.5. The fraction of sp³-hybridized carbons (Fsp3) is 0.421. The Labute approximate surface area is 176 Å². The van der Waals surface area contributed by atoms with Crippen LogP contribution in [0.2, 0.25) is 5.02 Å². The molecule has 3 rings (SSSR count). The topological polar surface area (TPSA) is 74.6 Å². The molecule has 1 fully saturated rings. The number of nitrogens with one attached hydrogen (secondary N) is 1. The smallest absolute Gasteiger partial charge is 0.137 e. The van der Waals surface area contributed by atoms with Gasteiger partial charge in [0.2, 0.25) is 0 Å². The predicted molar refractivity (Wildman–Crippen MR) is 111 cm³/mol. The summed E-state index contributed by atoms with van der Waals surface area (Å²) in [6.45, 7) is 1.71. The maximum atomic E-state index is 10.0. The Kier molecular flexibility index (Phi) is 9.81. The molecule has 5 nitrogen and oxygen atoms in total. The minimum atomic E-state index is -0.717. The fourth-order valence-electron chi connectivity index (χ4n) is 3.34. The molecule has 0 radical (unpaired) electrons. The summed E-state index contributed by atoms with van der Waals surface area (Å²) in [5.74, 6) is 0.688. The molecule has 1 aliphatic carbocycles. The van der Waals surface area contributed by atoms with Gasteiger partial charge in [0.15, 0.2) is 0 Å². The van der Waals surface area contributed by atoms with Crippen LogP contribution in [0.25, 0.3) is 0 Å². The first kappa shape index (κ1) is 24.0. The fourth-order valence-corrected chi connectivity index (χ4v) is 3.56. The third-order valence-corrected chi connectivity index (χ3v) is 4.86. The van der Waals surface area contributed by atoms with Crippen LogP contribution in [-0.2, 0) is 6.54 Å². The first-order valence-electron chi connectivity index (χ1n) is 8.40. The number of hydrogen-bond acceptors (Lipinski definition) is 5. The SMILES string of the molecule is Cl.Cl.O[C@@H]1CC(CNCc2cccc(Cl)c2)(COc2cccnc2)C[C@@H]1O. The van der Waals surface area contributed by atoms with Crippen LogP contribution in [-0.4, -0.2) is 40.6 Å². The van der Waals surface area contributed by atoms with Crippen LogP contribution in [0.15, 0.2) is 48.8 Å². The lowest BCUT2D eigenvalue weighted by atomic mass is 9.86. The summed E-state index contributed by atoms with van der Waals surface area (Å²) in [4.78, 5) is 4.04. The van der Waals surface area contributed by atoms with Crippen molar-refractivity contribution < 1.29 is 14.9 Å². The Morgan fingerprint density at radius 2 is 1.89 bits per heavy atom. The summed E-state index contributed by atoms with van der Waals surface area (Å²) in [6.07, 6.45) is 2.91. The summed E-state index contributed by atoms with van der Waals surface area (Å²) in [5.41, 5.74) is 0.766. The van der Waals surface area contributed by atoms with Gasteiger partial charge in [-0.1, -0.05) is 23.7 Å². The van der Waals surface area contributed by atoms with Crippen LogP contribution in [0, 0.1) is 5.41 Å². The predicted octanol–water partition coefficient (Wildman–Crippen LogP) is 3.25. The molecule has 1 saturated carbocycles. The Hall–Kier alpha value is -1.08. The Bertz CT molecular complexity index is 681. The summed E-state index contributed by atoms with van der Waals surface area (Å²) in [6, 6.07) is 11.4. The number of pyridine rings is 1. The van der Waals surface area contributed by atoms with E-state index in [2.05, 4.69) is 10.3 Å². The number of nitrogens with zero attached hydrogens (tertiary/aromatic N) is 1. The second-order valence-corrected chi connectivity index (χ2v) is 7.19. The average molecular weight is 436 g/mol. The van der Waals surface area contributed by atoms with Gasteiger partial charge in [0, 0.05) is 29.7 Å². The van der Waals surface area contributed by atoms with E-state index in [9.17, 15) is 10.2 Å². The minimum absolute atomic E-state index is 0. The lowest BCUT2D eigenvalue weighted by Gasteiger charge is -2.29. The van der Waals surface area contributed by atoms with E-state index in [-0.39, 0.29) is 30.2 Å². The molecule has 1 aliphatic rings. The maximum absolute atomic E-state index is 10.0. The number of benzene rings is 1. The zero-order valence-electron chi connectivity index (χ0n) is 14.8. The Balaban J connectivity index is 0.00000182. The van der Waals surface area contributed by atoms with Gasteiger partial charge < -0.3 is 20.3 Å². The van der Waals surface area contributed by atoms with E-state index < -0.39 is 12.2 Å². The molecule has 8 heteroatoms. The van der Waals surface area contributed by atoms with E-state index in [4.69, 9.17) is 16.3 Å². The summed E-state index contributed by atoms with van der Waals surface area (Å²) >= 11 is 6.01. The molecular weight excluding hydrogens is 411 g/mol. The number of aliphatic hydroxyl groups is 2. The molecule has 1 aromatic heterocycles. The molecule has 0 spiro atoms. The van der Waals surface area contributed by atoms with Gasteiger partial charge in [-0.05, 0) is 42.7 Å². The van der Waals surface area contributed by atoms with Crippen molar-refractivity contribution in [2.24, 2.45) is 5.41 Å². The lowest BCUT2D eigenvalue weighted by Crippen LogP contribution is -2.38. The van der Waals surface area contributed by atoms with Crippen molar-refractivity contribution in [2.75, 3.05) is 13.2 Å². The van der Waals surface area contributed by atoms with Gasteiger partial charge in [-0.15, -0.1) is 24.8 Å². The zero-order valence-corrected chi connectivity index (χ0v) is 17.1. The van der Waals surface area contributed by atoms with Crippen LogP contribution in [0.1, 0.15) is 18.4 Å². The lowest BCUT2D eigenvalue weighted by molar-refractivity contribution is 0.0438. The first-order chi connectivity index (χ1) is 12.1. The third kappa shape index (κ3) is 6.79. The summed E-state index contributed by atoms with van der Waals surface area (Å²) < 4.78 is 5.87. The largest absolute Gasteiger partial charge is 0.491 e. The molecule has 2 aromatic rings. The van der Waals surface area contributed by atoms with E-state index in [0.717, 1.165) is 5.56 Å². The standard InChI is InChI=1S/C19H23ClN2O3.2ClH/c20-15-4-1-3-14(7-15)10-22-12-19(8-17(23)18(24)9-19)13-25-16-5-2-6-21-11-16;;/h1-7,11,17-18,22-24H,8-10,12-13H2;2*1H/t17-,18+,19?;;. The monoisotopic (exact) mass is 434 g/mol. The van der Waals surface area contributed by atoms with Crippen LogP contribution in [0.4, 0.5) is 0 Å². The van der Waals surface area contributed by atoms with Crippen LogP contribution >= 0.6 is 36.4 Å². The highest BCUT2D eigenvalue weighted by molar-refractivity contribution is 6.30. The molecule has 0 amide bonds. The van der Waals surface area contributed by atoms with Crippen molar-refractivity contribution in [2.45, 2.75) is 31.6 Å². The van der Waals surface area contributed by atoms with Crippen LogP contribution < -0.4 is 10.1 Å². The third-order valence-electron chi connectivity index (χ3n) is 4.63. The van der Waals surface area contributed by atoms with Crippen molar-refractivity contribution >= 4 is 36.4 Å². The molecule has 27 heavy (non-hydrogen) atoms. The van der Waals surface area contributed by atoms with E-state index in [0.29, 0.717) is 43.3 Å². The molecule has 1 heterocycles. The van der Waals surface area contributed by atoms with Gasteiger partial charge in [-0.3, -0.25) is 4.98 Å². The van der Waals surface area contributed by atoms with Gasteiger partial charge in [-0.25, -0.2) is 0 Å². The quantitative estimate of drug-likeness (QED) is 0.622. The van der Waals surface area contributed by atoms with Crippen molar-refractivity contribution in [3.8, 4) is 5.75 Å². The van der Waals surface area contributed by atoms with Crippen molar-refractivity contribution in [3.05, 3.63) is 59.4 Å². The summed E-state index contributed by atoms with van der Waals surface area (Å²) in [5, 5.41) is 24.2. The number of halogens is 3. The summed E-state index contributed by atoms with van der Waals surface area (Å²) in [7, 11) is 0. The Morgan fingerprint density at radius 1 is 1.15 bits per heavy atom. The molecule has 0 saturated heterocycles. The highest BCUT2D eigenvalue weighted by Crippen LogP contribution is 2.38. The molecule has 3 N–H and O–H groups in total. The second kappa shape index (κ2) is 11.1. The Morgan fingerprint density at radius 3 is 2.52 bits per heavy atom. The van der Waals surface area contributed by atoms with E-state index >= 15 is 0 Å². The molecule has 1 unspecified atom stereocenters. The van der Waals surface area contributed by atoms with Crippen LogP contribution in [0.3, 0.4) is 0 Å². The number of ether oxygens (including phenoxy) is 1.